The maximum absolute atomic E-state index is 13.6. The minimum atomic E-state index is -5.07. The van der Waals surface area contributed by atoms with Gasteiger partial charge in [-0.3, -0.25) is 0 Å². The molecule has 4 nitrogen and oxygen atoms in total. The smallest absolute Gasteiger partial charge is 0.378 e. The van der Waals surface area contributed by atoms with Gasteiger partial charge in [-0.15, -0.1) is 0 Å². The number of rotatable bonds is 6. The van der Waals surface area contributed by atoms with E-state index in [1.165, 1.54) is 30.7 Å². The second-order valence-corrected chi connectivity index (χ2v) is 8.22. The van der Waals surface area contributed by atoms with Gasteiger partial charge in [-0.25, -0.2) is 21.6 Å². The molecule has 0 heterocycles. The van der Waals surface area contributed by atoms with Crippen LogP contribution in [0.1, 0.15) is 16.7 Å². The summed E-state index contributed by atoms with van der Waals surface area (Å²) in [5.74, 6) is -4.14. The number of anilines is 1. The van der Waals surface area contributed by atoms with E-state index in [0.717, 1.165) is 5.56 Å². The Kier molecular flexibility index (Phi) is 6.53. The van der Waals surface area contributed by atoms with E-state index in [9.17, 15) is 34.8 Å². The van der Waals surface area contributed by atoms with Crippen LogP contribution < -0.4 is 10.0 Å². The average molecular weight is 440 g/mol. The lowest BCUT2D eigenvalue weighted by atomic mass is 10.1. The molecule has 0 aliphatic heterocycles. The highest BCUT2D eigenvalue weighted by molar-refractivity contribution is 7.89. The van der Waals surface area contributed by atoms with Crippen LogP contribution in [0.3, 0.4) is 0 Å². The third-order valence-corrected chi connectivity index (χ3v) is 5.83. The molecule has 11 heteroatoms. The van der Waals surface area contributed by atoms with Crippen LogP contribution in [0.15, 0.2) is 29.2 Å². The molecule has 2 N–H and O–H groups in total. The van der Waals surface area contributed by atoms with Crippen molar-refractivity contribution in [1.82, 2.24) is 4.72 Å². The number of hydrogen-bond acceptors (Lipinski definition) is 3. The van der Waals surface area contributed by atoms with Crippen molar-refractivity contribution in [1.29, 1.82) is 0 Å². The van der Waals surface area contributed by atoms with Crippen LogP contribution >= 0.6 is 0 Å². The Bertz CT molecular complexity index is 975. The molecule has 160 valence electrons. The van der Waals surface area contributed by atoms with Crippen LogP contribution in [0.5, 0.6) is 0 Å². The van der Waals surface area contributed by atoms with Crippen molar-refractivity contribution >= 4 is 15.7 Å². The maximum atomic E-state index is 13.6. The number of nitrogens with one attached hydrogen (secondary N) is 2. The first-order valence-corrected chi connectivity index (χ1v) is 9.76. The monoisotopic (exact) mass is 440 g/mol. The highest BCUT2D eigenvalue weighted by Gasteiger charge is 2.43. The molecule has 0 aliphatic rings. The summed E-state index contributed by atoms with van der Waals surface area (Å²) in [6.45, 7) is 3.38. The number of alkyl halides is 3. The third kappa shape index (κ3) is 5.41. The highest BCUT2D eigenvalue weighted by Crippen LogP contribution is 2.27. The lowest BCUT2D eigenvalue weighted by Crippen LogP contribution is -2.49. The zero-order valence-electron chi connectivity index (χ0n) is 15.6. The fourth-order valence-corrected chi connectivity index (χ4v) is 4.65. The first kappa shape index (κ1) is 23.0. The van der Waals surface area contributed by atoms with E-state index in [1.807, 2.05) is 5.32 Å². The van der Waals surface area contributed by atoms with Crippen LogP contribution in [0.4, 0.5) is 32.0 Å². The summed E-state index contributed by atoms with van der Waals surface area (Å²) in [4.78, 5) is -0.309. The zero-order chi connectivity index (χ0) is 22.1. The first-order chi connectivity index (χ1) is 13.2. The molecule has 0 aliphatic carbocycles. The molecule has 1 unspecified atom stereocenters. The topological polar surface area (TPSA) is 58.2 Å². The standard InChI is InChI=1S/C18H18F6N2O2S/c1-9-4-10(2)17(11(3)5-9)29(27,28)26-15(18(22,23)24)8-25-16-13(20)6-12(19)7-14(16)21/h4-7,15,25-26H,8H2,1-3H3. The number of hydrogen-bond donors (Lipinski definition) is 2. The van der Waals surface area contributed by atoms with Gasteiger partial charge in [0.1, 0.15) is 17.5 Å². The molecule has 29 heavy (non-hydrogen) atoms. The molecule has 0 radical (unpaired) electrons. The second-order valence-electron chi connectivity index (χ2n) is 6.57. The second kappa shape index (κ2) is 8.23. The van der Waals surface area contributed by atoms with Crippen molar-refractivity contribution in [3.63, 3.8) is 0 Å². The number of halogens is 6. The molecular formula is C18H18F6N2O2S. The quantitative estimate of drug-likeness (QED) is 0.657. The fraction of sp³-hybridized carbons (Fsp3) is 0.333. The van der Waals surface area contributed by atoms with Crippen LogP contribution in [-0.4, -0.2) is 27.2 Å². The molecule has 0 bridgehead atoms. The van der Waals surface area contributed by atoms with E-state index in [1.54, 1.807) is 6.92 Å². The average Bonchev–Trinajstić information content (AvgIpc) is 2.50. The highest BCUT2D eigenvalue weighted by atomic mass is 32.2. The van der Waals surface area contributed by atoms with E-state index in [4.69, 9.17) is 0 Å². The molecule has 0 aromatic heterocycles. The molecule has 2 rings (SSSR count). The van der Waals surface area contributed by atoms with Crippen molar-refractivity contribution < 1.29 is 34.8 Å². The van der Waals surface area contributed by atoms with Crippen molar-refractivity contribution in [2.24, 2.45) is 0 Å². The Morgan fingerprint density at radius 1 is 0.931 bits per heavy atom. The van der Waals surface area contributed by atoms with Gasteiger partial charge in [0, 0.05) is 18.7 Å². The number of aryl methyl sites for hydroxylation is 3. The molecule has 0 amide bonds. The van der Waals surface area contributed by atoms with E-state index in [2.05, 4.69) is 0 Å². The van der Waals surface area contributed by atoms with Gasteiger partial charge in [0.25, 0.3) is 0 Å². The number of benzene rings is 2. The summed E-state index contributed by atoms with van der Waals surface area (Å²) in [6, 6.07) is 0.891. The van der Waals surface area contributed by atoms with Gasteiger partial charge in [0.2, 0.25) is 10.0 Å². The minimum absolute atomic E-state index is 0.250. The van der Waals surface area contributed by atoms with Gasteiger partial charge in [0.05, 0.1) is 4.90 Å². The van der Waals surface area contributed by atoms with Crippen LogP contribution in [0.2, 0.25) is 0 Å². The lowest BCUT2D eigenvalue weighted by Gasteiger charge is -2.24. The molecule has 2 aromatic carbocycles. The van der Waals surface area contributed by atoms with Gasteiger partial charge in [-0.1, -0.05) is 17.7 Å². The zero-order valence-corrected chi connectivity index (χ0v) is 16.4. The van der Waals surface area contributed by atoms with Crippen molar-refractivity contribution in [3.05, 3.63) is 58.4 Å². The molecular weight excluding hydrogens is 422 g/mol. The van der Waals surface area contributed by atoms with Gasteiger partial charge >= 0.3 is 6.18 Å². The minimum Gasteiger partial charge on any atom is -0.378 e. The van der Waals surface area contributed by atoms with Crippen molar-refractivity contribution in [3.8, 4) is 0 Å². The van der Waals surface area contributed by atoms with Crippen LogP contribution in [-0.2, 0) is 10.0 Å². The molecule has 2 aromatic rings. The SMILES string of the molecule is Cc1cc(C)c(S(=O)(=O)NC(CNc2c(F)cc(F)cc2F)C(F)(F)F)c(C)c1. The van der Waals surface area contributed by atoms with Gasteiger partial charge in [-0.05, 0) is 31.9 Å². The Balaban J connectivity index is 2.33. The predicted molar refractivity (Wildman–Crippen MR) is 95.6 cm³/mol. The first-order valence-electron chi connectivity index (χ1n) is 8.27. The normalized spacial score (nSPS) is 13.4. The fourth-order valence-electron chi connectivity index (χ4n) is 2.98. The van der Waals surface area contributed by atoms with Gasteiger partial charge in [0.15, 0.2) is 11.6 Å². The summed E-state index contributed by atoms with van der Waals surface area (Å²) >= 11 is 0. The van der Waals surface area contributed by atoms with E-state index in [0.29, 0.717) is 0 Å². The van der Waals surface area contributed by atoms with Crippen molar-refractivity contribution in [2.75, 3.05) is 11.9 Å². The molecule has 0 fully saturated rings. The number of sulfonamides is 1. The lowest BCUT2D eigenvalue weighted by molar-refractivity contribution is -0.148. The maximum Gasteiger partial charge on any atom is 0.406 e. The molecule has 0 saturated heterocycles. The van der Waals surface area contributed by atoms with Crippen molar-refractivity contribution in [2.45, 2.75) is 37.9 Å². The Morgan fingerprint density at radius 2 is 1.41 bits per heavy atom. The molecule has 0 spiro atoms. The third-order valence-electron chi connectivity index (χ3n) is 4.06. The summed E-state index contributed by atoms with van der Waals surface area (Å²) in [7, 11) is -4.61. The predicted octanol–water partition coefficient (Wildman–Crippen LogP) is 4.35. The summed E-state index contributed by atoms with van der Waals surface area (Å²) in [5, 5.41) is 1.86. The summed E-state index contributed by atoms with van der Waals surface area (Å²) < 4.78 is 107. The molecule has 0 saturated carbocycles. The Labute approximate surface area is 164 Å². The van der Waals surface area contributed by atoms with Crippen LogP contribution in [0, 0.1) is 38.2 Å². The van der Waals surface area contributed by atoms with Crippen LogP contribution in [0.25, 0.3) is 0 Å². The Hall–Kier alpha value is -2.27. The molecule has 1 atom stereocenters. The van der Waals surface area contributed by atoms with Gasteiger partial charge < -0.3 is 5.32 Å². The summed E-state index contributed by atoms with van der Waals surface area (Å²) in [6.07, 6.45) is -5.07. The Morgan fingerprint density at radius 3 is 1.86 bits per heavy atom. The van der Waals surface area contributed by atoms with E-state index >= 15 is 0 Å². The van der Waals surface area contributed by atoms with E-state index < -0.39 is 51.9 Å². The largest absolute Gasteiger partial charge is 0.406 e. The van der Waals surface area contributed by atoms with Gasteiger partial charge in [-0.2, -0.15) is 17.9 Å². The van der Waals surface area contributed by atoms with E-state index in [-0.39, 0.29) is 28.2 Å². The summed E-state index contributed by atoms with van der Waals surface area (Å²) in [5.41, 5.74) is 0.233.